The van der Waals surface area contributed by atoms with Crippen molar-refractivity contribution in [3.05, 3.63) is 23.5 Å². The van der Waals surface area contributed by atoms with Crippen LogP contribution in [0, 0.1) is 0 Å². The fourth-order valence-corrected chi connectivity index (χ4v) is 2.04. The summed E-state index contributed by atoms with van der Waals surface area (Å²) in [6.45, 7) is 13.1. The lowest BCUT2D eigenvalue weighted by Gasteiger charge is -2.19. The first-order valence-corrected chi connectivity index (χ1v) is 6.05. The van der Waals surface area contributed by atoms with Crippen LogP contribution in [0.3, 0.4) is 0 Å². The number of pyridine rings is 1. The number of rotatable bonds is 0. The van der Waals surface area contributed by atoms with Crippen LogP contribution >= 0.6 is 0 Å². The zero-order valence-electron chi connectivity index (χ0n) is 11.5. The van der Waals surface area contributed by atoms with Crippen molar-refractivity contribution in [2.75, 3.05) is 0 Å². The van der Waals surface area contributed by atoms with E-state index in [0.717, 1.165) is 16.7 Å². The van der Waals surface area contributed by atoms with Crippen LogP contribution in [-0.4, -0.2) is 15.2 Å². The van der Waals surface area contributed by atoms with Crippen molar-refractivity contribution >= 4 is 11.0 Å². The zero-order valence-corrected chi connectivity index (χ0v) is 11.5. The van der Waals surface area contributed by atoms with Gasteiger partial charge in [-0.3, -0.25) is 10.1 Å². The highest BCUT2D eigenvalue weighted by Gasteiger charge is 2.24. The summed E-state index contributed by atoms with van der Waals surface area (Å²) in [7, 11) is 0. The molecule has 0 atom stereocenters. The second kappa shape index (κ2) is 3.56. The third-order valence-electron chi connectivity index (χ3n) is 3.00. The van der Waals surface area contributed by atoms with Crippen molar-refractivity contribution in [1.29, 1.82) is 0 Å². The molecule has 0 aliphatic carbocycles. The van der Waals surface area contributed by atoms with E-state index in [1.54, 1.807) is 0 Å². The first-order valence-electron chi connectivity index (χ1n) is 6.05. The Kier molecular flexibility index (Phi) is 2.53. The van der Waals surface area contributed by atoms with Crippen LogP contribution in [-0.2, 0) is 10.8 Å². The normalized spacial score (nSPS) is 13.3. The highest BCUT2D eigenvalue weighted by molar-refractivity contribution is 5.81. The smallest absolute Gasteiger partial charge is 0.115 e. The lowest BCUT2D eigenvalue weighted by atomic mass is 9.85. The summed E-state index contributed by atoms with van der Waals surface area (Å²) in [5.74, 6) is 0. The van der Waals surface area contributed by atoms with E-state index in [2.05, 4.69) is 62.8 Å². The average Bonchev–Trinajstić information content (AvgIpc) is 2.57. The van der Waals surface area contributed by atoms with Gasteiger partial charge in [0.05, 0.1) is 5.69 Å². The molecule has 0 bridgehead atoms. The Balaban J connectivity index is 2.74. The highest BCUT2D eigenvalue weighted by atomic mass is 15.1. The van der Waals surface area contributed by atoms with E-state index >= 15 is 0 Å². The number of aromatic amines is 1. The Morgan fingerprint density at radius 1 is 0.941 bits per heavy atom. The molecular formula is C14H21N3. The van der Waals surface area contributed by atoms with E-state index < -0.39 is 0 Å². The van der Waals surface area contributed by atoms with Crippen molar-refractivity contribution in [1.82, 2.24) is 15.2 Å². The molecule has 0 saturated carbocycles. The lowest BCUT2D eigenvalue weighted by molar-refractivity contribution is 0.570. The summed E-state index contributed by atoms with van der Waals surface area (Å²) in [4.78, 5) is 4.49. The minimum absolute atomic E-state index is 0.0399. The van der Waals surface area contributed by atoms with Crippen LogP contribution in [0.4, 0.5) is 0 Å². The van der Waals surface area contributed by atoms with Gasteiger partial charge in [-0.1, -0.05) is 41.5 Å². The minimum atomic E-state index is 0.0399. The standard InChI is InChI=1S/C14H21N3/c1-13(2,3)9-7-8-15-11-10(9)16-17-12(11)14(4,5)6/h7-8H,1-6H3,(H,16,17). The summed E-state index contributed by atoms with van der Waals surface area (Å²) < 4.78 is 0. The number of H-pyrrole nitrogens is 1. The monoisotopic (exact) mass is 231 g/mol. The third-order valence-corrected chi connectivity index (χ3v) is 3.00. The van der Waals surface area contributed by atoms with E-state index in [4.69, 9.17) is 0 Å². The van der Waals surface area contributed by atoms with Gasteiger partial charge >= 0.3 is 0 Å². The van der Waals surface area contributed by atoms with Gasteiger partial charge < -0.3 is 0 Å². The fourth-order valence-electron chi connectivity index (χ4n) is 2.04. The van der Waals surface area contributed by atoms with Gasteiger partial charge in [-0.15, -0.1) is 0 Å². The van der Waals surface area contributed by atoms with Gasteiger partial charge in [-0.25, -0.2) is 0 Å². The van der Waals surface area contributed by atoms with Crippen molar-refractivity contribution in [3.8, 4) is 0 Å². The number of nitrogens with zero attached hydrogens (tertiary/aromatic N) is 2. The predicted octanol–water partition coefficient (Wildman–Crippen LogP) is 3.55. The first kappa shape index (κ1) is 12.1. The second-order valence-electron chi connectivity index (χ2n) is 6.65. The SMILES string of the molecule is CC(C)(C)c1ccnc2c(C(C)(C)C)[nH]nc12. The van der Waals surface area contributed by atoms with Crippen molar-refractivity contribution < 1.29 is 0 Å². The Bertz CT molecular complexity index is 539. The van der Waals surface area contributed by atoms with Gasteiger partial charge in [0.2, 0.25) is 0 Å². The van der Waals surface area contributed by atoms with Gasteiger partial charge in [0.25, 0.3) is 0 Å². The maximum atomic E-state index is 4.49. The van der Waals surface area contributed by atoms with E-state index in [0.29, 0.717) is 0 Å². The van der Waals surface area contributed by atoms with Gasteiger partial charge in [-0.2, -0.15) is 5.10 Å². The van der Waals surface area contributed by atoms with Crippen LogP contribution < -0.4 is 0 Å². The quantitative estimate of drug-likeness (QED) is 0.753. The molecule has 92 valence electrons. The molecule has 2 aromatic heterocycles. The highest BCUT2D eigenvalue weighted by Crippen LogP contribution is 2.32. The molecule has 0 aromatic carbocycles. The Hall–Kier alpha value is -1.38. The molecule has 2 heterocycles. The molecule has 0 aliphatic heterocycles. The molecule has 0 unspecified atom stereocenters. The predicted molar refractivity (Wildman–Crippen MR) is 71.3 cm³/mol. The van der Waals surface area contributed by atoms with Gasteiger partial charge in [0, 0.05) is 11.6 Å². The van der Waals surface area contributed by atoms with Crippen molar-refractivity contribution in [2.45, 2.75) is 52.4 Å². The molecule has 0 fully saturated rings. The zero-order chi connectivity index (χ0) is 12.8. The van der Waals surface area contributed by atoms with Crippen LogP contribution in [0.5, 0.6) is 0 Å². The molecule has 2 aromatic rings. The summed E-state index contributed by atoms with van der Waals surface area (Å²) in [6, 6.07) is 2.07. The topological polar surface area (TPSA) is 41.6 Å². The van der Waals surface area contributed by atoms with E-state index in [1.165, 1.54) is 5.56 Å². The van der Waals surface area contributed by atoms with Gasteiger partial charge in [-0.05, 0) is 17.0 Å². The molecule has 0 amide bonds. The van der Waals surface area contributed by atoms with Crippen LogP contribution in [0.15, 0.2) is 12.3 Å². The van der Waals surface area contributed by atoms with Gasteiger partial charge in [0.1, 0.15) is 11.0 Å². The molecule has 0 aliphatic rings. The molecule has 1 N–H and O–H groups in total. The molecule has 0 radical (unpaired) electrons. The largest absolute Gasteiger partial charge is 0.279 e. The molecule has 3 nitrogen and oxygen atoms in total. The van der Waals surface area contributed by atoms with E-state index in [-0.39, 0.29) is 10.8 Å². The van der Waals surface area contributed by atoms with Crippen molar-refractivity contribution in [2.24, 2.45) is 0 Å². The Morgan fingerprint density at radius 2 is 1.59 bits per heavy atom. The minimum Gasteiger partial charge on any atom is -0.279 e. The van der Waals surface area contributed by atoms with E-state index in [9.17, 15) is 0 Å². The van der Waals surface area contributed by atoms with E-state index in [1.807, 2.05) is 6.20 Å². The summed E-state index contributed by atoms with van der Waals surface area (Å²) in [5, 5.41) is 7.62. The van der Waals surface area contributed by atoms with Crippen molar-refractivity contribution in [3.63, 3.8) is 0 Å². The number of nitrogens with one attached hydrogen (secondary N) is 1. The first-order chi connectivity index (χ1) is 7.71. The summed E-state index contributed by atoms with van der Waals surface area (Å²) >= 11 is 0. The number of aromatic nitrogens is 3. The lowest BCUT2D eigenvalue weighted by Crippen LogP contribution is -2.13. The number of fused-ring (bicyclic) bond motifs is 1. The molecule has 3 heteroatoms. The molecular weight excluding hydrogens is 210 g/mol. The summed E-state index contributed by atoms with van der Waals surface area (Å²) in [5.41, 5.74) is 4.49. The van der Waals surface area contributed by atoms with Crippen LogP contribution in [0.25, 0.3) is 11.0 Å². The number of hydrogen-bond acceptors (Lipinski definition) is 2. The maximum absolute atomic E-state index is 4.49. The second-order valence-corrected chi connectivity index (χ2v) is 6.65. The Morgan fingerprint density at radius 3 is 2.12 bits per heavy atom. The molecule has 2 rings (SSSR count). The van der Waals surface area contributed by atoms with Crippen LogP contribution in [0.1, 0.15) is 52.8 Å². The number of hydrogen-bond donors (Lipinski definition) is 1. The Labute approximate surface area is 103 Å². The fraction of sp³-hybridized carbons (Fsp3) is 0.571. The third kappa shape index (κ3) is 2.06. The van der Waals surface area contributed by atoms with Crippen LogP contribution in [0.2, 0.25) is 0 Å². The molecule has 0 spiro atoms. The molecule has 0 saturated heterocycles. The maximum Gasteiger partial charge on any atom is 0.115 e. The molecule has 17 heavy (non-hydrogen) atoms. The summed E-state index contributed by atoms with van der Waals surface area (Å²) in [6.07, 6.45) is 1.88. The average molecular weight is 231 g/mol. The van der Waals surface area contributed by atoms with Gasteiger partial charge in [0.15, 0.2) is 0 Å².